The van der Waals surface area contributed by atoms with Crippen molar-refractivity contribution in [2.75, 3.05) is 13.1 Å². The third-order valence-electron chi connectivity index (χ3n) is 4.26. The van der Waals surface area contributed by atoms with Crippen molar-refractivity contribution >= 4 is 18.3 Å². The van der Waals surface area contributed by atoms with E-state index in [0.717, 1.165) is 44.3 Å². The van der Waals surface area contributed by atoms with E-state index in [0.29, 0.717) is 0 Å². The average Bonchev–Trinajstić information content (AvgIpc) is 3.22. The number of nitrogens with one attached hydrogen (secondary N) is 2. The number of benzene rings is 1. The van der Waals surface area contributed by atoms with Gasteiger partial charge in [0.15, 0.2) is 0 Å². The van der Waals surface area contributed by atoms with Crippen molar-refractivity contribution in [3.05, 3.63) is 35.6 Å². The minimum absolute atomic E-state index is 0. The highest BCUT2D eigenvalue weighted by atomic mass is 35.5. The molecule has 1 amide bonds. The Hall–Kier alpha value is -1.13. The van der Waals surface area contributed by atoms with Gasteiger partial charge in [-0.3, -0.25) is 4.79 Å². The standard InChI is InChI=1S/C15H19FN2O.ClH/c16-12-3-1-11(2-4-12)15(7-8-15)14(19)18-13-5-9-17-10-6-13;/h1-4,13,17H,5-10H2,(H,18,19);1H. The summed E-state index contributed by atoms with van der Waals surface area (Å²) in [6, 6.07) is 6.64. The highest BCUT2D eigenvalue weighted by Crippen LogP contribution is 2.48. The first-order valence-corrected chi connectivity index (χ1v) is 6.98. The van der Waals surface area contributed by atoms with Gasteiger partial charge < -0.3 is 10.6 Å². The minimum atomic E-state index is -0.390. The van der Waals surface area contributed by atoms with Crippen molar-refractivity contribution in [1.29, 1.82) is 0 Å². The van der Waals surface area contributed by atoms with Gasteiger partial charge in [0.1, 0.15) is 5.82 Å². The van der Waals surface area contributed by atoms with Gasteiger partial charge in [0.25, 0.3) is 0 Å². The van der Waals surface area contributed by atoms with E-state index in [-0.39, 0.29) is 30.2 Å². The van der Waals surface area contributed by atoms with Crippen LogP contribution in [0.2, 0.25) is 0 Å². The second-order valence-electron chi connectivity index (χ2n) is 5.59. The van der Waals surface area contributed by atoms with Gasteiger partial charge >= 0.3 is 0 Å². The van der Waals surface area contributed by atoms with Crippen molar-refractivity contribution in [3.8, 4) is 0 Å². The third-order valence-corrected chi connectivity index (χ3v) is 4.26. The summed E-state index contributed by atoms with van der Waals surface area (Å²) in [5.74, 6) is -0.135. The highest BCUT2D eigenvalue weighted by molar-refractivity contribution is 5.91. The van der Waals surface area contributed by atoms with Crippen LogP contribution in [0.5, 0.6) is 0 Å². The van der Waals surface area contributed by atoms with Crippen LogP contribution in [0.1, 0.15) is 31.2 Å². The SMILES string of the molecule is Cl.O=C(NC1CCNCC1)C1(c2ccc(F)cc2)CC1. The zero-order chi connectivity index (χ0) is 13.3. The van der Waals surface area contributed by atoms with Crippen molar-refractivity contribution in [2.45, 2.75) is 37.1 Å². The molecule has 2 fully saturated rings. The molecule has 1 aliphatic carbocycles. The van der Waals surface area contributed by atoms with Crippen LogP contribution in [0, 0.1) is 5.82 Å². The number of rotatable bonds is 3. The lowest BCUT2D eigenvalue weighted by molar-refractivity contribution is -0.124. The van der Waals surface area contributed by atoms with E-state index < -0.39 is 5.41 Å². The largest absolute Gasteiger partial charge is 0.353 e. The fraction of sp³-hybridized carbons (Fsp3) is 0.533. The quantitative estimate of drug-likeness (QED) is 0.898. The summed E-state index contributed by atoms with van der Waals surface area (Å²) in [5, 5.41) is 6.45. The lowest BCUT2D eigenvalue weighted by Crippen LogP contribution is -2.46. The van der Waals surface area contributed by atoms with Crippen LogP contribution in [-0.4, -0.2) is 25.0 Å². The second-order valence-corrected chi connectivity index (χ2v) is 5.59. The zero-order valence-electron chi connectivity index (χ0n) is 11.3. The van der Waals surface area contributed by atoms with Crippen molar-refractivity contribution in [1.82, 2.24) is 10.6 Å². The molecule has 1 aliphatic heterocycles. The number of piperidine rings is 1. The van der Waals surface area contributed by atoms with Crippen LogP contribution in [0.15, 0.2) is 24.3 Å². The summed E-state index contributed by atoms with van der Waals surface area (Å²) in [7, 11) is 0. The fourth-order valence-electron chi connectivity index (χ4n) is 2.83. The first-order valence-electron chi connectivity index (χ1n) is 6.98. The van der Waals surface area contributed by atoms with Crippen LogP contribution in [-0.2, 0) is 10.2 Å². The van der Waals surface area contributed by atoms with Crippen LogP contribution >= 0.6 is 12.4 Å². The molecule has 110 valence electrons. The molecule has 1 aromatic carbocycles. The van der Waals surface area contributed by atoms with Gasteiger partial charge in [-0.1, -0.05) is 12.1 Å². The third kappa shape index (κ3) is 2.96. The molecule has 0 atom stereocenters. The molecule has 1 saturated carbocycles. The highest BCUT2D eigenvalue weighted by Gasteiger charge is 2.51. The number of hydrogen-bond donors (Lipinski definition) is 2. The van der Waals surface area contributed by atoms with Crippen molar-refractivity contribution in [3.63, 3.8) is 0 Å². The number of carbonyl (C=O) groups is 1. The molecule has 0 unspecified atom stereocenters. The van der Waals surface area contributed by atoms with Gasteiger partial charge in [-0.2, -0.15) is 0 Å². The lowest BCUT2D eigenvalue weighted by Gasteiger charge is -2.26. The van der Waals surface area contributed by atoms with Crippen LogP contribution < -0.4 is 10.6 Å². The van der Waals surface area contributed by atoms with E-state index in [1.807, 2.05) is 0 Å². The summed E-state index contributed by atoms with van der Waals surface area (Å²) >= 11 is 0. The molecule has 0 bridgehead atoms. The predicted octanol–water partition coefficient (Wildman–Crippen LogP) is 2.15. The van der Waals surface area contributed by atoms with E-state index in [4.69, 9.17) is 0 Å². The molecule has 5 heteroatoms. The monoisotopic (exact) mass is 298 g/mol. The van der Waals surface area contributed by atoms with Crippen molar-refractivity contribution in [2.24, 2.45) is 0 Å². The Bertz CT molecular complexity index is 467. The Kier molecular flexibility index (Phi) is 4.66. The topological polar surface area (TPSA) is 41.1 Å². The molecule has 0 radical (unpaired) electrons. The van der Waals surface area contributed by atoms with E-state index in [1.165, 1.54) is 12.1 Å². The molecule has 2 aliphatic rings. The molecule has 1 heterocycles. The Morgan fingerprint density at radius 2 is 1.80 bits per heavy atom. The molecule has 1 aromatic rings. The summed E-state index contributed by atoms with van der Waals surface area (Å²) in [4.78, 5) is 12.5. The Morgan fingerprint density at radius 3 is 2.35 bits per heavy atom. The van der Waals surface area contributed by atoms with E-state index in [9.17, 15) is 9.18 Å². The van der Waals surface area contributed by atoms with Gasteiger partial charge in [0.2, 0.25) is 5.91 Å². The molecule has 2 N–H and O–H groups in total. The van der Waals surface area contributed by atoms with E-state index in [1.54, 1.807) is 12.1 Å². The molecule has 0 aromatic heterocycles. The zero-order valence-corrected chi connectivity index (χ0v) is 12.1. The molecular weight excluding hydrogens is 279 g/mol. The van der Waals surface area contributed by atoms with E-state index in [2.05, 4.69) is 10.6 Å². The van der Waals surface area contributed by atoms with E-state index >= 15 is 0 Å². The second kappa shape index (κ2) is 6.10. The van der Waals surface area contributed by atoms with Crippen LogP contribution in [0.4, 0.5) is 4.39 Å². The fourth-order valence-corrected chi connectivity index (χ4v) is 2.83. The summed E-state index contributed by atoms with van der Waals surface area (Å²) < 4.78 is 13.0. The number of halogens is 2. The number of amides is 1. The maximum atomic E-state index is 13.0. The normalized spacial score (nSPS) is 20.9. The maximum absolute atomic E-state index is 13.0. The smallest absolute Gasteiger partial charge is 0.230 e. The molecular formula is C15H20ClFN2O. The van der Waals surface area contributed by atoms with Gasteiger partial charge in [-0.25, -0.2) is 4.39 Å². The summed E-state index contributed by atoms with van der Waals surface area (Å²) in [6.45, 7) is 1.93. The molecule has 3 nitrogen and oxygen atoms in total. The van der Waals surface area contributed by atoms with Gasteiger partial charge in [0, 0.05) is 6.04 Å². The Labute approximate surface area is 124 Å². The van der Waals surface area contributed by atoms with Gasteiger partial charge in [-0.15, -0.1) is 12.4 Å². The molecule has 0 spiro atoms. The predicted molar refractivity (Wildman–Crippen MR) is 78.6 cm³/mol. The van der Waals surface area contributed by atoms with Crippen molar-refractivity contribution < 1.29 is 9.18 Å². The Balaban J connectivity index is 0.00000147. The van der Waals surface area contributed by atoms with Gasteiger partial charge in [-0.05, 0) is 56.5 Å². The maximum Gasteiger partial charge on any atom is 0.230 e. The average molecular weight is 299 g/mol. The summed E-state index contributed by atoms with van der Waals surface area (Å²) in [5.41, 5.74) is 0.554. The number of hydrogen-bond acceptors (Lipinski definition) is 2. The molecule has 1 saturated heterocycles. The van der Waals surface area contributed by atoms with Crippen LogP contribution in [0.3, 0.4) is 0 Å². The molecule has 3 rings (SSSR count). The lowest BCUT2D eigenvalue weighted by atomic mass is 9.94. The Morgan fingerprint density at radius 1 is 1.20 bits per heavy atom. The number of carbonyl (C=O) groups excluding carboxylic acids is 1. The van der Waals surface area contributed by atoms with Crippen LogP contribution in [0.25, 0.3) is 0 Å². The van der Waals surface area contributed by atoms with Gasteiger partial charge in [0.05, 0.1) is 5.41 Å². The molecule has 20 heavy (non-hydrogen) atoms. The summed E-state index contributed by atoms with van der Waals surface area (Å²) in [6.07, 6.45) is 3.72. The minimum Gasteiger partial charge on any atom is -0.353 e. The first-order chi connectivity index (χ1) is 9.21. The first kappa shape index (κ1) is 15.3.